The van der Waals surface area contributed by atoms with Crippen LogP contribution in [0, 0.1) is 0 Å². The van der Waals surface area contributed by atoms with Crippen molar-refractivity contribution in [2.75, 3.05) is 13.2 Å². The van der Waals surface area contributed by atoms with Crippen LogP contribution in [-0.2, 0) is 4.79 Å². The Kier molecular flexibility index (Phi) is 2.49. The van der Waals surface area contributed by atoms with E-state index in [1.807, 2.05) is 6.92 Å². The predicted molar refractivity (Wildman–Crippen MR) is 42.1 cm³/mol. The average molecular weight is 157 g/mol. The van der Waals surface area contributed by atoms with E-state index < -0.39 is 0 Å². The molecule has 0 saturated heterocycles. The van der Waals surface area contributed by atoms with Crippen LogP contribution in [0.3, 0.4) is 0 Å². The minimum Gasteiger partial charge on any atom is -0.394 e. The molecule has 1 N–H and O–H groups in total. The van der Waals surface area contributed by atoms with Gasteiger partial charge in [-0.3, -0.25) is 4.79 Å². The number of carbonyl (C=O) groups excluding carboxylic acids is 1. The van der Waals surface area contributed by atoms with Gasteiger partial charge in [-0.05, 0) is 19.3 Å². The largest absolute Gasteiger partial charge is 0.394 e. The van der Waals surface area contributed by atoms with Gasteiger partial charge in [-0.25, -0.2) is 0 Å². The van der Waals surface area contributed by atoms with Crippen molar-refractivity contribution in [1.29, 1.82) is 0 Å². The highest BCUT2D eigenvalue weighted by Gasteiger charge is 2.46. The summed E-state index contributed by atoms with van der Waals surface area (Å²) in [6.45, 7) is 2.92. The van der Waals surface area contributed by atoms with Gasteiger partial charge in [0.1, 0.15) is 0 Å². The molecule has 1 fully saturated rings. The summed E-state index contributed by atoms with van der Waals surface area (Å²) in [5, 5.41) is 8.98. The lowest BCUT2D eigenvalue weighted by Crippen LogP contribution is -2.39. The van der Waals surface area contributed by atoms with Gasteiger partial charge in [0.2, 0.25) is 6.41 Å². The molecule has 11 heavy (non-hydrogen) atoms. The molecule has 0 aromatic rings. The fourth-order valence-corrected chi connectivity index (χ4v) is 1.32. The van der Waals surface area contributed by atoms with Crippen LogP contribution < -0.4 is 0 Å². The monoisotopic (exact) mass is 157 g/mol. The molecule has 1 aliphatic carbocycles. The Bertz CT molecular complexity index is 143. The van der Waals surface area contributed by atoms with E-state index >= 15 is 0 Å². The Balaban J connectivity index is 2.47. The third kappa shape index (κ3) is 1.53. The van der Waals surface area contributed by atoms with E-state index in [-0.39, 0.29) is 12.1 Å². The number of hydrogen-bond acceptors (Lipinski definition) is 2. The van der Waals surface area contributed by atoms with Crippen molar-refractivity contribution in [3.05, 3.63) is 0 Å². The molecular weight excluding hydrogens is 142 g/mol. The number of amides is 1. The van der Waals surface area contributed by atoms with Crippen molar-refractivity contribution in [2.24, 2.45) is 0 Å². The lowest BCUT2D eigenvalue weighted by molar-refractivity contribution is -0.122. The van der Waals surface area contributed by atoms with Gasteiger partial charge in [0.05, 0.1) is 12.1 Å². The van der Waals surface area contributed by atoms with E-state index in [9.17, 15) is 4.79 Å². The zero-order chi connectivity index (χ0) is 8.32. The van der Waals surface area contributed by atoms with Gasteiger partial charge in [-0.15, -0.1) is 0 Å². The molecule has 1 aliphatic rings. The highest BCUT2D eigenvalue weighted by molar-refractivity contribution is 5.50. The van der Waals surface area contributed by atoms with E-state index in [0.29, 0.717) is 0 Å². The van der Waals surface area contributed by atoms with E-state index in [0.717, 1.165) is 32.2 Å². The first kappa shape index (κ1) is 8.53. The highest BCUT2D eigenvalue weighted by atomic mass is 16.3. The third-order valence-corrected chi connectivity index (χ3v) is 2.32. The predicted octanol–water partition coefficient (Wildman–Crippen LogP) is 0.380. The molecular formula is C8H15NO2. The maximum Gasteiger partial charge on any atom is 0.210 e. The maximum atomic E-state index is 10.6. The number of rotatable bonds is 5. The molecule has 3 heteroatoms. The molecule has 0 aromatic carbocycles. The lowest BCUT2D eigenvalue weighted by atomic mass is 10.2. The molecule has 1 saturated carbocycles. The Hall–Kier alpha value is -0.570. The Morgan fingerprint density at radius 1 is 1.64 bits per heavy atom. The molecule has 0 atom stereocenters. The summed E-state index contributed by atoms with van der Waals surface area (Å²) in [7, 11) is 0. The summed E-state index contributed by atoms with van der Waals surface area (Å²) < 4.78 is 0. The van der Waals surface area contributed by atoms with Crippen molar-refractivity contribution in [3.8, 4) is 0 Å². The Morgan fingerprint density at radius 2 is 2.27 bits per heavy atom. The van der Waals surface area contributed by atoms with Crippen molar-refractivity contribution >= 4 is 6.41 Å². The number of aliphatic hydroxyl groups excluding tert-OH is 1. The van der Waals surface area contributed by atoms with Crippen LogP contribution in [0.25, 0.3) is 0 Å². The average Bonchev–Trinajstić information content (AvgIpc) is 2.81. The maximum absolute atomic E-state index is 10.6. The lowest BCUT2D eigenvalue weighted by Gasteiger charge is -2.25. The van der Waals surface area contributed by atoms with Gasteiger partial charge in [-0.1, -0.05) is 6.92 Å². The van der Waals surface area contributed by atoms with Crippen LogP contribution in [0.1, 0.15) is 26.2 Å². The van der Waals surface area contributed by atoms with Crippen molar-refractivity contribution < 1.29 is 9.90 Å². The van der Waals surface area contributed by atoms with E-state index in [4.69, 9.17) is 5.11 Å². The van der Waals surface area contributed by atoms with Crippen molar-refractivity contribution in [3.63, 3.8) is 0 Å². The first-order valence-electron chi connectivity index (χ1n) is 4.12. The fraction of sp³-hybridized carbons (Fsp3) is 0.875. The summed E-state index contributed by atoms with van der Waals surface area (Å²) in [6.07, 6.45) is 3.73. The summed E-state index contributed by atoms with van der Waals surface area (Å²) >= 11 is 0. The first-order valence-corrected chi connectivity index (χ1v) is 4.12. The molecule has 0 unspecified atom stereocenters. The second-order valence-electron chi connectivity index (χ2n) is 3.18. The molecule has 1 rings (SSSR count). The molecule has 0 heterocycles. The second-order valence-corrected chi connectivity index (χ2v) is 3.18. The van der Waals surface area contributed by atoms with Gasteiger partial charge < -0.3 is 10.0 Å². The summed E-state index contributed by atoms with van der Waals surface area (Å²) in [4.78, 5) is 12.3. The number of carbonyl (C=O) groups is 1. The van der Waals surface area contributed by atoms with E-state index in [1.54, 1.807) is 4.90 Å². The summed E-state index contributed by atoms with van der Waals surface area (Å²) in [5.41, 5.74) is -0.169. The van der Waals surface area contributed by atoms with Crippen LogP contribution in [0.15, 0.2) is 0 Å². The fourth-order valence-electron chi connectivity index (χ4n) is 1.32. The van der Waals surface area contributed by atoms with Crippen molar-refractivity contribution in [2.45, 2.75) is 31.7 Å². The smallest absolute Gasteiger partial charge is 0.210 e. The van der Waals surface area contributed by atoms with Gasteiger partial charge in [0.25, 0.3) is 0 Å². The van der Waals surface area contributed by atoms with E-state index in [2.05, 4.69) is 0 Å². The Labute approximate surface area is 67.0 Å². The minimum atomic E-state index is -0.169. The van der Waals surface area contributed by atoms with Gasteiger partial charge in [0.15, 0.2) is 0 Å². The molecule has 0 radical (unpaired) electrons. The molecule has 0 bridgehead atoms. The first-order chi connectivity index (χ1) is 5.29. The highest BCUT2D eigenvalue weighted by Crippen LogP contribution is 2.40. The molecule has 1 amide bonds. The van der Waals surface area contributed by atoms with Crippen LogP contribution in [-0.4, -0.2) is 35.1 Å². The second kappa shape index (κ2) is 3.22. The normalized spacial score (nSPS) is 19.5. The van der Waals surface area contributed by atoms with Crippen molar-refractivity contribution in [1.82, 2.24) is 4.90 Å². The molecule has 0 spiro atoms. The minimum absolute atomic E-state index is 0.117. The summed E-state index contributed by atoms with van der Waals surface area (Å²) in [5.74, 6) is 0. The zero-order valence-electron chi connectivity index (χ0n) is 6.92. The van der Waals surface area contributed by atoms with Crippen LogP contribution in [0.2, 0.25) is 0 Å². The van der Waals surface area contributed by atoms with Gasteiger partial charge in [0, 0.05) is 6.54 Å². The van der Waals surface area contributed by atoms with Crippen LogP contribution in [0.5, 0.6) is 0 Å². The topological polar surface area (TPSA) is 40.5 Å². The number of aliphatic hydroxyl groups is 1. The Morgan fingerprint density at radius 3 is 2.55 bits per heavy atom. The van der Waals surface area contributed by atoms with Gasteiger partial charge in [-0.2, -0.15) is 0 Å². The standard InChI is InChI=1S/C8H15NO2/c1-2-5-9(7-11)8(6-10)3-4-8/h7,10H,2-6H2,1H3. The SMILES string of the molecule is CCCN(C=O)C1(CO)CC1. The summed E-state index contributed by atoms with van der Waals surface area (Å²) in [6, 6.07) is 0. The van der Waals surface area contributed by atoms with Crippen LogP contribution in [0.4, 0.5) is 0 Å². The van der Waals surface area contributed by atoms with E-state index in [1.165, 1.54) is 0 Å². The molecule has 0 aromatic heterocycles. The zero-order valence-corrected chi connectivity index (χ0v) is 6.92. The third-order valence-electron chi connectivity index (χ3n) is 2.32. The van der Waals surface area contributed by atoms with Crippen LogP contribution >= 0.6 is 0 Å². The quantitative estimate of drug-likeness (QED) is 0.586. The van der Waals surface area contributed by atoms with Gasteiger partial charge >= 0.3 is 0 Å². The molecule has 3 nitrogen and oxygen atoms in total. The number of hydrogen-bond donors (Lipinski definition) is 1. The molecule has 0 aliphatic heterocycles. The number of nitrogens with zero attached hydrogens (tertiary/aromatic N) is 1. The molecule has 64 valence electrons.